The molecule has 1 aromatic carbocycles. The lowest BCUT2D eigenvalue weighted by atomic mass is 9.94. The van der Waals surface area contributed by atoms with Crippen LogP contribution in [-0.2, 0) is 6.42 Å². The molecule has 1 unspecified atom stereocenters. The Kier molecular flexibility index (Phi) is 5.08. The third kappa shape index (κ3) is 4.62. The fourth-order valence-electron chi connectivity index (χ4n) is 2.45. The number of rotatable bonds is 7. The summed E-state index contributed by atoms with van der Waals surface area (Å²) in [6.45, 7) is 6.81. The van der Waals surface area contributed by atoms with Gasteiger partial charge in [0.05, 0.1) is 0 Å². The molecule has 0 spiro atoms. The number of halogens is 1. The maximum absolute atomic E-state index is 5.93. The van der Waals surface area contributed by atoms with Crippen LogP contribution in [0.15, 0.2) is 24.3 Å². The minimum atomic E-state index is 0.736. The molecular formula is C16H24ClN. The first kappa shape index (κ1) is 13.9. The van der Waals surface area contributed by atoms with Crippen LogP contribution >= 0.6 is 11.6 Å². The first-order chi connectivity index (χ1) is 8.65. The summed E-state index contributed by atoms with van der Waals surface area (Å²) in [4.78, 5) is 0. The Morgan fingerprint density at radius 3 is 2.39 bits per heavy atom. The Hall–Kier alpha value is -0.530. The van der Waals surface area contributed by atoms with Gasteiger partial charge in [-0.25, -0.2) is 0 Å². The zero-order valence-corrected chi connectivity index (χ0v) is 12.2. The average molecular weight is 266 g/mol. The highest BCUT2D eigenvalue weighted by atomic mass is 35.5. The van der Waals surface area contributed by atoms with Crippen molar-refractivity contribution in [2.75, 3.05) is 13.1 Å². The van der Waals surface area contributed by atoms with Crippen LogP contribution in [0.4, 0.5) is 0 Å². The Labute approximate surface area is 116 Å². The van der Waals surface area contributed by atoms with E-state index in [0.717, 1.165) is 35.9 Å². The van der Waals surface area contributed by atoms with E-state index in [2.05, 4.69) is 31.3 Å². The highest BCUT2D eigenvalue weighted by Crippen LogP contribution is 2.38. The van der Waals surface area contributed by atoms with Crippen LogP contribution in [0.5, 0.6) is 0 Å². The smallest absolute Gasteiger partial charge is 0.0406 e. The molecule has 1 aromatic rings. The Morgan fingerprint density at radius 1 is 1.17 bits per heavy atom. The van der Waals surface area contributed by atoms with Crippen molar-refractivity contribution < 1.29 is 0 Å². The third-order valence-electron chi connectivity index (χ3n) is 3.66. The summed E-state index contributed by atoms with van der Waals surface area (Å²) >= 11 is 5.93. The number of benzene rings is 1. The van der Waals surface area contributed by atoms with Crippen LogP contribution in [0, 0.1) is 17.8 Å². The van der Waals surface area contributed by atoms with Crippen molar-refractivity contribution in [2.45, 2.75) is 33.1 Å². The molecule has 1 nitrogen and oxygen atoms in total. The van der Waals surface area contributed by atoms with E-state index in [4.69, 9.17) is 11.6 Å². The predicted octanol–water partition coefficient (Wildman–Crippen LogP) is 4.15. The molecule has 0 radical (unpaired) electrons. The number of hydrogen-bond donors (Lipinski definition) is 1. The molecule has 1 fully saturated rings. The van der Waals surface area contributed by atoms with Gasteiger partial charge in [0.2, 0.25) is 0 Å². The van der Waals surface area contributed by atoms with Crippen molar-refractivity contribution in [3.63, 3.8) is 0 Å². The zero-order chi connectivity index (χ0) is 13.0. The van der Waals surface area contributed by atoms with E-state index < -0.39 is 0 Å². The first-order valence-corrected chi connectivity index (χ1v) is 7.48. The molecule has 2 rings (SSSR count). The minimum absolute atomic E-state index is 0.736. The molecule has 1 aliphatic carbocycles. The fraction of sp³-hybridized carbons (Fsp3) is 0.625. The summed E-state index contributed by atoms with van der Waals surface area (Å²) in [7, 11) is 0. The van der Waals surface area contributed by atoms with Gasteiger partial charge in [-0.2, -0.15) is 0 Å². The van der Waals surface area contributed by atoms with E-state index in [0.29, 0.717) is 0 Å². The largest absolute Gasteiger partial charge is 0.316 e. The number of hydrogen-bond acceptors (Lipinski definition) is 1. The van der Waals surface area contributed by atoms with Gasteiger partial charge >= 0.3 is 0 Å². The van der Waals surface area contributed by atoms with Gasteiger partial charge in [0, 0.05) is 5.02 Å². The summed E-state index contributed by atoms with van der Waals surface area (Å²) < 4.78 is 0. The Bertz CT molecular complexity index is 354. The second-order valence-corrected chi connectivity index (χ2v) is 6.42. The Balaban J connectivity index is 1.84. The molecule has 1 atom stereocenters. The first-order valence-electron chi connectivity index (χ1n) is 7.10. The lowest BCUT2D eigenvalue weighted by molar-refractivity contribution is 0.408. The molecule has 1 saturated carbocycles. The van der Waals surface area contributed by atoms with E-state index in [1.165, 1.54) is 24.8 Å². The van der Waals surface area contributed by atoms with Gasteiger partial charge in [-0.1, -0.05) is 37.6 Å². The van der Waals surface area contributed by atoms with E-state index >= 15 is 0 Å². The molecule has 0 bridgehead atoms. The quantitative estimate of drug-likeness (QED) is 0.781. The van der Waals surface area contributed by atoms with E-state index in [9.17, 15) is 0 Å². The molecule has 1 aliphatic rings. The maximum Gasteiger partial charge on any atom is 0.0406 e. The molecule has 0 aromatic heterocycles. The van der Waals surface area contributed by atoms with Crippen LogP contribution in [-0.4, -0.2) is 13.1 Å². The molecule has 18 heavy (non-hydrogen) atoms. The third-order valence-corrected chi connectivity index (χ3v) is 3.91. The highest BCUT2D eigenvalue weighted by molar-refractivity contribution is 6.30. The molecule has 2 heteroatoms. The number of nitrogens with one attached hydrogen (secondary N) is 1. The summed E-state index contributed by atoms with van der Waals surface area (Å²) in [6.07, 6.45) is 4.02. The standard InChI is InChI=1S/C16H24ClN/c1-12(2)10-18-11-15(14-5-6-14)9-13-3-7-16(17)8-4-13/h3-4,7-8,12,14-15,18H,5-6,9-11H2,1-2H3. The molecule has 0 aliphatic heterocycles. The molecule has 1 N–H and O–H groups in total. The fourth-order valence-corrected chi connectivity index (χ4v) is 2.58. The van der Waals surface area contributed by atoms with Gasteiger partial charge in [-0.15, -0.1) is 0 Å². The highest BCUT2D eigenvalue weighted by Gasteiger charge is 2.30. The van der Waals surface area contributed by atoms with Gasteiger partial charge in [0.1, 0.15) is 0 Å². The summed E-state index contributed by atoms with van der Waals surface area (Å²) in [5.74, 6) is 2.48. The summed E-state index contributed by atoms with van der Waals surface area (Å²) in [5.41, 5.74) is 1.42. The maximum atomic E-state index is 5.93. The van der Waals surface area contributed by atoms with Gasteiger partial charge < -0.3 is 5.32 Å². The second kappa shape index (κ2) is 6.58. The van der Waals surface area contributed by atoms with E-state index in [1.54, 1.807) is 0 Å². The minimum Gasteiger partial charge on any atom is -0.316 e. The van der Waals surface area contributed by atoms with Crippen molar-refractivity contribution in [1.29, 1.82) is 0 Å². The van der Waals surface area contributed by atoms with Crippen LogP contribution in [0.2, 0.25) is 5.02 Å². The van der Waals surface area contributed by atoms with E-state index in [1.807, 2.05) is 12.1 Å². The van der Waals surface area contributed by atoms with Crippen molar-refractivity contribution in [3.8, 4) is 0 Å². The van der Waals surface area contributed by atoms with Gasteiger partial charge in [0.15, 0.2) is 0 Å². The average Bonchev–Trinajstić information content (AvgIpc) is 3.14. The molecule has 0 amide bonds. The lowest BCUT2D eigenvalue weighted by Crippen LogP contribution is -2.28. The molecule has 0 saturated heterocycles. The lowest BCUT2D eigenvalue weighted by Gasteiger charge is -2.18. The van der Waals surface area contributed by atoms with Crippen molar-refractivity contribution >= 4 is 11.6 Å². The Morgan fingerprint density at radius 2 is 1.83 bits per heavy atom. The van der Waals surface area contributed by atoms with Crippen LogP contribution in [0.25, 0.3) is 0 Å². The van der Waals surface area contributed by atoms with Gasteiger partial charge in [-0.3, -0.25) is 0 Å². The molecule has 0 heterocycles. The normalized spacial score (nSPS) is 17.1. The van der Waals surface area contributed by atoms with Crippen molar-refractivity contribution in [1.82, 2.24) is 5.32 Å². The molecule has 100 valence electrons. The van der Waals surface area contributed by atoms with Crippen LogP contribution in [0.3, 0.4) is 0 Å². The van der Waals surface area contributed by atoms with Crippen LogP contribution < -0.4 is 5.32 Å². The van der Waals surface area contributed by atoms with Gasteiger partial charge in [-0.05, 0) is 67.8 Å². The van der Waals surface area contributed by atoms with Gasteiger partial charge in [0.25, 0.3) is 0 Å². The van der Waals surface area contributed by atoms with Crippen molar-refractivity contribution in [3.05, 3.63) is 34.9 Å². The molecular weight excluding hydrogens is 242 g/mol. The monoisotopic (exact) mass is 265 g/mol. The zero-order valence-electron chi connectivity index (χ0n) is 11.5. The summed E-state index contributed by atoms with van der Waals surface area (Å²) in [5, 5.41) is 4.44. The van der Waals surface area contributed by atoms with Crippen LogP contribution in [0.1, 0.15) is 32.3 Å². The second-order valence-electron chi connectivity index (χ2n) is 5.98. The van der Waals surface area contributed by atoms with E-state index in [-0.39, 0.29) is 0 Å². The predicted molar refractivity (Wildman–Crippen MR) is 79.1 cm³/mol. The van der Waals surface area contributed by atoms with Crippen molar-refractivity contribution in [2.24, 2.45) is 17.8 Å². The SMILES string of the molecule is CC(C)CNCC(Cc1ccc(Cl)cc1)C1CC1. The topological polar surface area (TPSA) is 12.0 Å². The summed E-state index contributed by atoms with van der Waals surface area (Å²) in [6, 6.07) is 8.34.